The van der Waals surface area contributed by atoms with Crippen molar-refractivity contribution < 1.29 is 14.7 Å². The number of nitrogens with one attached hydrogen (secondary N) is 1. The van der Waals surface area contributed by atoms with Gasteiger partial charge in [-0.3, -0.25) is 9.59 Å². The molecule has 2 rings (SSSR count). The summed E-state index contributed by atoms with van der Waals surface area (Å²) in [4.78, 5) is 23.5. The predicted octanol–water partition coefficient (Wildman–Crippen LogP) is 3.69. The van der Waals surface area contributed by atoms with Crippen molar-refractivity contribution in [3.05, 3.63) is 34.3 Å². The largest absolute Gasteiger partial charge is 0.481 e. The van der Waals surface area contributed by atoms with Gasteiger partial charge in [0.15, 0.2) is 0 Å². The quantitative estimate of drug-likeness (QED) is 0.852. The topological polar surface area (TPSA) is 66.4 Å². The van der Waals surface area contributed by atoms with E-state index in [2.05, 4.69) is 21.2 Å². The fourth-order valence-electron chi connectivity index (χ4n) is 3.05. The van der Waals surface area contributed by atoms with Crippen molar-refractivity contribution in [2.24, 2.45) is 11.8 Å². The molecule has 1 saturated carbocycles. The first-order valence-electron chi connectivity index (χ1n) is 7.61. The van der Waals surface area contributed by atoms with Crippen molar-refractivity contribution in [3.63, 3.8) is 0 Å². The van der Waals surface area contributed by atoms with Crippen LogP contribution in [-0.2, 0) is 15.1 Å². The molecule has 0 spiro atoms. The van der Waals surface area contributed by atoms with Crippen molar-refractivity contribution in [2.75, 3.05) is 0 Å². The second-order valence-electron chi connectivity index (χ2n) is 6.48. The predicted molar refractivity (Wildman–Crippen MR) is 88.4 cm³/mol. The van der Waals surface area contributed by atoms with Crippen LogP contribution < -0.4 is 5.32 Å². The molecule has 120 valence electrons. The molecule has 0 saturated heterocycles. The molecule has 0 heterocycles. The summed E-state index contributed by atoms with van der Waals surface area (Å²) in [6.45, 7) is 3.96. The van der Waals surface area contributed by atoms with Crippen molar-refractivity contribution >= 4 is 27.8 Å². The van der Waals surface area contributed by atoms with E-state index in [0.717, 1.165) is 10.0 Å². The summed E-state index contributed by atoms with van der Waals surface area (Å²) in [7, 11) is 0. The number of hydrogen-bond acceptors (Lipinski definition) is 2. The van der Waals surface area contributed by atoms with E-state index in [1.165, 1.54) is 0 Å². The third-order valence-corrected chi connectivity index (χ3v) is 5.12. The molecular weight excluding hydrogens is 346 g/mol. The lowest BCUT2D eigenvalue weighted by molar-refractivity contribution is -0.144. The number of hydrogen-bond donors (Lipinski definition) is 2. The third kappa shape index (κ3) is 3.88. The third-order valence-electron chi connectivity index (χ3n) is 4.43. The molecule has 22 heavy (non-hydrogen) atoms. The monoisotopic (exact) mass is 367 g/mol. The molecule has 2 N–H and O–H groups in total. The van der Waals surface area contributed by atoms with Gasteiger partial charge in [-0.1, -0.05) is 34.1 Å². The van der Waals surface area contributed by atoms with Crippen LogP contribution in [0, 0.1) is 11.8 Å². The van der Waals surface area contributed by atoms with Crippen molar-refractivity contribution in [2.45, 2.75) is 45.1 Å². The minimum Gasteiger partial charge on any atom is -0.481 e. The molecule has 0 atom stereocenters. The van der Waals surface area contributed by atoms with Crippen LogP contribution in [0.5, 0.6) is 0 Å². The van der Waals surface area contributed by atoms with E-state index in [1.54, 1.807) is 0 Å². The van der Waals surface area contributed by atoms with Gasteiger partial charge in [0.25, 0.3) is 0 Å². The zero-order chi connectivity index (χ0) is 16.3. The number of amides is 1. The van der Waals surface area contributed by atoms with Crippen LogP contribution in [0.3, 0.4) is 0 Å². The van der Waals surface area contributed by atoms with Crippen molar-refractivity contribution in [1.82, 2.24) is 5.32 Å². The maximum atomic E-state index is 12.5. The number of rotatable bonds is 4. The summed E-state index contributed by atoms with van der Waals surface area (Å²) in [5.41, 5.74) is 0.559. The molecule has 1 aromatic carbocycles. The summed E-state index contributed by atoms with van der Waals surface area (Å²) >= 11 is 3.53. The molecular formula is C17H22BrNO3. The van der Waals surface area contributed by atoms with Crippen LogP contribution in [0.25, 0.3) is 0 Å². The van der Waals surface area contributed by atoms with E-state index in [1.807, 2.05) is 38.1 Å². The normalized spacial score (nSPS) is 22.1. The second kappa shape index (κ2) is 6.82. The van der Waals surface area contributed by atoms with Gasteiger partial charge in [0.05, 0.1) is 11.5 Å². The first-order valence-corrected chi connectivity index (χ1v) is 8.40. The molecule has 0 bridgehead atoms. The van der Waals surface area contributed by atoms with Gasteiger partial charge >= 0.3 is 5.97 Å². The molecule has 1 aromatic rings. The van der Waals surface area contributed by atoms with Gasteiger partial charge in [-0.25, -0.2) is 0 Å². The van der Waals surface area contributed by atoms with Gasteiger partial charge < -0.3 is 10.4 Å². The summed E-state index contributed by atoms with van der Waals surface area (Å²) in [6, 6.07) is 7.84. The summed E-state index contributed by atoms with van der Waals surface area (Å²) in [5, 5.41) is 12.1. The number of carboxylic acids is 1. The lowest BCUT2D eigenvalue weighted by Gasteiger charge is -2.32. The van der Waals surface area contributed by atoms with Gasteiger partial charge in [-0.15, -0.1) is 0 Å². The first-order chi connectivity index (χ1) is 10.3. The highest BCUT2D eigenvalue weighted by Crippen LogP contribution is 2.32. The Balaban J connectivity index is 2.00. The smallest absolute Gasteiger partial charge is 0.306 e. The molecule has 0 aliphatic heterocycles. The Morgan fingerprint density at radius 2 is 1.68 bits per heavy atom. The second-order valence-corrected chi connectivity index (χ2v) is 7.34. The van der Waals surface area contributed by atoms with E-state index in [-0.39, 0.29) is 17.7 Å². The van der Waals surface area contributed by atoms with E-state index in [0.29, 0.717) is 25.7 Å². The molecule has 1 fully saturated rings. The summed E-state index contributed by atoms with van der Waals surface area (Å²) in [6.07, 6.45) is 2.47. The van der Waals surface area contributed by atoms with Gasteiger partial charge in [0.1, 0.15) is 0 Å². The Kier molecular flexibility index (Phi) is 5.27. The Hall–Kier alpha value is -1.36. The first kappa shape index (κ1) is 17.0. The van der Waals surface area contributed by atoms with Gasteiger partial charge in [0.2, 0.25) is 5.91 Å². The van der Waals surface area contributed by atoms with Crippen LogP contribution >= 0.6 is 15.9 Å². The molecule has 1 aliphatic rings. The fourth-order valence-corrected chi connectivity index (χ4v) is 3.83. The van der Waals surface area contributed by atoms with Crippen molar-refractivity contribution in [1.29, 1.82) is 0 Å². The number of halogens is 1. The number of carboxylic acid groups (broad SMARTS) is 1. The maximum Gasteiger partial charge on any atom is 0.306 e. The summed E-state index contributed by atoms with van der Waals surface area (Å²) in [5.74, 6) is -1.10. The zero-order valence-corrected chi connectivity index (χ0v) is 14.5. The minimum absolute atomic E-state index is 0.0181. The van der Waals surface area contributed by atoms with Crippen molar-refractivity contribution in [3.8, 4) is 0 Å². The Morgan fingerprint density at radius 3 is 2.23 bits per heavy atom. The molecule has 1 amide bonds. The van der Waals surface area contributed by atoms with Crippen LogP contribution in [0.2, 0.25) is 0 Å². The fraction of sp³-hybridized carbons (Fsp3) is 0.529. The van der Waals surface area contributed by atoms with E-state index >= 15 is 0 Å². The average molecular weight is 368 g/mol. The van der Waals surface area contributed by atoms with Crippen LogP contribution in [-0.4, -0.2) is 17.0 Å². The van der Waals surface area contributed by atoms with Gasteiger partial charge in [-0.05, 0) is 51.2 Å². The highest BCUT2D eigenvalue weighted by Gasteiger charge is 2.33. The summed E-state index contributed by atoms with van der Waals surface area (Å²) < 4.78 is 0.967. The number of benzene rings is 1. The van der Waals surface area contributed by atoms with E-state index in [4.69, 9.17) is 5.11 Å². The highest BCUT2D eigenvalue weighted by atomic mass is 79.9. The van der Waals surface area contributed by atoms with E-state index in [9.17, 15) is 9.59 Å². The lowest BCUT2D eigenvalue weighted by Crippen LogP contribution is -2.45. The molecule has 1 aliphatic carbocycles. The zero-order valence-electron chi connectivity index (χ0n) is 12.9. The molecule has 0 aromatic heterocycles. The van der Waals surface area contributed by atoms with E-state index < -0.39 is 11.5 Å². The molecule has 0 radical (unpaired) electrons. The number of carbonyl (C=O) groups is 2. The molecule has 0 unspecified atom stereocenters. The minimum atomic E-state index is -0.743. The van der Waals surface area contributed by atoms with Gasteiger partial charge in [-0.2, -0.15) is 0 Å². The molecule has 4 nitrogen and oxygen atoms in total. The maximum absolute atomic E-state index is 12.5. The average Bonchev–Trinajstić information content (AvgIpc) is 2.47. The van der Waals surface area contributed by atoms with Crippen LogP contribution in [0.15, 0.2) is 28.7 Å². The highest BCUT2D eigenvalue weighted by molar-refractivity contribution is 9.10. The Bertz CT molecular complexity index is 563. The van der Waals surface area contributed by atoms with Gasteiger partial charge in [0, 0.05) is 10.4 Å². The number of carbonyl (C=O) groups excluding carboxylic acids is 1. The Morgan fingerprint density at radius 1 is 1.14 bits per heavy atom. The Labute approximate surface area is 139 Å². The number of aliphatic carboxylic acids is 1. The lowest BCUT2D eigenvalue weighted by atomic mass is 9.81. The standard InChI is InChI=1S/C17H22BrNO3/c1-17(2,13-5-3-4-6-14(13)18)19-15(20)11-7-9-12(10-8-11)16(21)22/h3-6,11-12H,7-10H2,1-2H3,(H,19,20)(H,21,22). The van der Waals surface area contributed by atoms with Crippen LogP contribution in [0.1, 0.15) is 45.1 Å². The van der Waals surface area contributed by atoms with Crippen LogP contribution in [0.4, 0.5) is 0 Å². The molecule has 5 heteroatoms. The SMILES string of the molecule is CC(C)(NC(=O)C1CCC(C(=O)O)CC1)c1ccccc1Br.